The van der Waals surface area contributed by atoms with Gasteiger partial charge < -0.3 is 0 Å². The van der Waals surface area contributed by atoms with Crippen LogP contribution >= 0.6 is 11.6 Å². The molecule has 3 heteroatoms. The Labute approximate surface area is 101 Å². The Morgan fingerprint density at radius 3 is 2.75 bits per heavy atom. The molecule has 2 rings (SSSR count). The summed E-state index contributed by atoms with van der Waals surface area (Å²) in [6, 6.07) is 6.77. The highest BCUT2D eigenvalue weighted by molar-refractivity contribution is 6.18. The van der Waals surface area contributed by atoms with Gasteiger partial charge in [0.25, 0.3) is 0 Å². The van der Waals surface area contributed by atoms with E-state index in [1.807, 2.05) is 12.1 Å². The van der Waals surface area contributed by atoms with E-state index in [4.69, 9.17) is 11.6 Å². The van der Waals surface area contributed by atoms with E-state index in [0.29, 0.717) is 5.92 Å². The quantitative estimate of drug-likeness (QED) is 0.735. The lowest BCUT2D eigenvalue weighted by atomic mass is 9.99. The summed E-state index contributed by atoms with van der Waals surface area (Å²) in [5, 5.41) is 0. The molecular formula is C13H17ClFN. The Bertz CT molecular complexity index is 325. The van der Waals surface area contributed by atoms with Gasteiger partial charge in [-0.25, -0.2) is 4.39 Å². The normalized spacial score (nSPS) is 22.2. The molecule has 0 spiro atoms. The van der Waals surface area contributed by atoms with Crippen molar-refractivity contribution in [3.8, 4) is 0 Å². The van der Waals surface area contributed by atoms with Crippen molar-refractivity contribution in [1.29, 1.82) is 0 Å². The molecule has 0 N–H and O–H groups in total. The van der Waals surface area contributed by atoms with E-state index >= 15 is 0 Å². The lowest BCUT2D eigenvalue weighted by molar-refractivity contribution is 0.178. The Balaban J connectivity index is 1.91. The number of piperidine rings is 1. The first-order valence-electron chi connectivity index (χ1n) is 5.80. The molecule has 0 aliphatic carbocycles. The van der Waals surface area contributed by atoms with Crippen LogP contribution < -0.4 is 0 Å². The highest BCUT2D eigenvalue weighted by Crippen LogP contribution is 2.19. The van der Waals surface area contributed by atoms with Gasteiger partial charge in [0.2, 0.25) is 0 Å². The van der Waals surface area contributed by atoms with Crippen molar-refractivity contribution < 1.29 is 4.39 Å². The second-order valence-electron chi connectivity index (χ2n) is 4.52. The fraction of sp³-hybridized carbons (Fsp3) is 0.538. The number of hydrogen-bond acceptors (Lipinski definition) is 1. The molecule has 0 amide bonds. The number of rotatable bonds is 3. The minimum atomic E-state index is -0.166. The lowest BCUT2D eigenvalue weighted by Gasteiger charge is -2.31. The zero-order chi connectivity index (χ0) is 11.4. The molecule has 1 nitrogen and oxygen atoms in total. The lowest BCUT2D eigenvalue weighted by Crippen LogP contribution is -2.35. The van der Waals surface area contributed by atoms with E-state index in [1.54, 1.807) is 0 Å². The van der Waals surface area contributed by atoms with E-state index in [2.05, 4.69) is 4.90 Å². The molecule has 88 valence electrons. The smallest absolute Gasteiger partial charge is 0.123 e. The second kappa shape index (κ2) is 5.65. The number of halogens is 2. The summed E-state index contributed by atoms with van der Waals surface area (Å²) < 4.78 is 12.8. The van der Waals surface area contributed by atoms with Crippen molar-refractivity contribution in [2.75, 3.05) is 19.0 Å². The van der Waals surface area contributed by atoms with Crippen LogP contribution in [0.2, 0.25) is 0 Å². The first-order valence-corrected chi connectivity index (χ1v) is 6.34. The molecule has 0 aromatic heterocycles. The van der Waals surface area contributed by atoms with Crippen LogP contribution in [0.3, 0.4) is 0 Å². The monoisotopic (exact) mass is 241 g/mol. The topological polar surface area (TPSA) is 3.24 Å². The fourth-order valence-corrected chi connectivity index (χ4v) is 2.52. The number of hydrogen-bond donors (Lipinski definition) is 0. The minimum Gasteiger partial charge on any atom is -0.299 e. The van der Waals surface area contributed by atoms with Crippen molar-refractivity contribution in [3.05, 3.63) is 35.6 Å². The van der Waals surface area contributed by atoms with Crippen molar-refractivity contribution >= 4 is 11.6 Å². The minimum absolute atomic E-state index is 0.166. The Hall–Kier alpha value is -0.600. The van der Waals surface area contributed by atoms with Crippen molar-refractivity contribution in [2.45, 2.75) is 19.4 Å². The zero-order valence-electron chi connectivity index (χ0n) is 9.33. The summed E-state index contributed by atoms with van der Waals surface area (Å²) in [7, 11) is 0. The van der Waals surface area contributed by atoms with Gasteiger partial charge in [-0.05, 0) is 43.0 Å². The molecule has 1 fully saturated rings. The average molecular weight is 242 g/mol. The van der Waals surface area contributed by atoms with E-state index in [9.17, 15) is 4.39 Å². The maximum absolute atomic E-state index is 12.8. The summed E-state index contributed by atoms with van der Waals surface area (Å²) in [4.78, 5) is 2.41. The summed E-state index contributed by atoms with van der Waals surface area (Å²) >= 11 is 5.89. The molecular weight excluding hydrogens is 225 g/mol. The third-order valence-electron chi connectivity index (χ3n) is 3.14. The van der Waals surface area contributed by atoms with Crippen molar-refractivity contribution in [3.63, 3.8) is 0 Å². The van der Waals surface area contributed by atoms with Gasteiger partial charge >= 0.3 is 0 Å². The van der Waals surface area contributed by atoms with Crippen LogP contribution in [0, 0.1) is 11.7 Å². The van der Waals surface area contributed by atoms with Gasteiger partial charge in [0, 0.05) is 19.0 Å². The van der Waals surface area contributed by atoms with Crippen LogP contribution in [-0.2, 0) is 6.54 Å². The SMILES string of the molecule is Fc1ccc(CN2CCCC(CCl)C2)cc1. The molecule has 1 aromatic carbocycles. The Kier molecular flexibility index (Phi) is 4.19. The molecule has 16 heavy (non-hydrogen) atoms. The van der Waals surface area contributed by atoms with Gasteiger partial charge in [-0.1, -0.05) is 12.1 Å². The van der Waals surface area contributed by atoms with Crippen LogP contribution in [0.4, 0.5) is 4.39 Å². The van der Waals surface area contributed by atoms with Crippen molar-refractivity contribution in [2.24, 2.45) is 5.92 Å². The first-order chi connectivity index (χ1) is 7.78. The van der Waals surface area contributed by atoms with E-state index in [0.717, 1.165) is 25.5 Å². The van der Waals surface area contributed by atoms with Gasteiger partial charge in [0.05, 0.1) is 0 Å². The number of nitrogens with zero attached hydrogens (tertiary/aromatic N) is 1. The van der Waals surface area contributed by atoms with E-state index < -0.39 is 0 Å². The van der Waals surface area contributed by atoms with E-state index in [-0.39, 0.29) is 5.82 Å². The molecule has 1 aliphatic heterocycles. The second-order valence-corrected chi connectivity index (χ2v) is 4.83. The molecule has 1 saturated heterocycles. The first kappa shape index (κ1) is 11.9. The Morgan fingerprint density at radius 1 is 1.31 bits per heavy atom. The number of likely N-dealkylation sites (tertiary alicyclic amines) is 1. The largest absolute Gasteiger partial charge is 0.299 e. The summed E-state index contributed by atoms with van der Waals surface area (Å²) in [5.74, 6) is 1.21. The molecule has 1 atom stereocenters. The maximum Gasteiger partial charge on any atom is 0.123 e. The Morgan fingerprint density at radius 2 is 2.06 bits per heavy atom. The molecule has 1 heterocycles. The number of alkyl halides is 1. The molecule has 1 unspecified atom stereocenters. The number of benzene rings is 1. The summed E-state index contributed by atoms with van der Waals surface area (Å²) in [5.41, 5.74) is 1.18. The molecule has 0 radical (unpaired) electrons. The van der Waals surface area contributed by atoms with Crippen LogP contribution in [0.5, 0.6) is 0 Å². The summed E-state index contributed by atoms with van der Waals surface area (Å²) in [6.45, 7) is 3.11. The van der Waals surface area contributed by atoms with Gasteiger partial charge in [0.1, 0.15) is 5.82 Å². The van der Waals surface area contributed by atoms with Crippen LogP contribution in [0.15, 0.2) is 24.3 Å². The van der Waals surface area contributed by atoms with Crippen LogP contribution in [0.1, 0.15) is 18.4 Å². The third kappa shape index (κ3) is 3.19. The van der Waals surface area contributed by atoms with E-state index in [1.165, 1.54) is 30.5 Å². The van der Waals surface area contributed by atoms with Gasteiger partial charge in [-0.15, -0.1) is 11.6 Å². The third-order valence-corrected chi connectivity index (χ3v) is 3.58. The molecule has 1 aromatic rings. The average Bonchev–Trinajstić information content (AvgIpc) is 2.32. The molecule has 0 saturated carbocycles. The zero-order valence-corrected chi connectivity index (χ0v) is 10.1. The standard InChI is InChI=1S/C13H17ClFN/c14-8-12-2-1-7-16(10-12)9-11-3-5-13(15)6-4-11/h3-6,12H,1-2,7-10H2. The van der Waals surface area contributed by atoms with Crippen molar-refractivity contribution in [1.82, 2.24) is 4.90 Å². The van der Waals surface area contributed by atoms with Crippen LogP contribution in [0.25, 0.3) is 0 Å². The summed E-state index contributed by atoms with van der Waals surface area (Å²) in [6.07, 6.45) is 2.46. The predicted octanol–water partition coefficient (Wildman–Crippen LogP) is 3.28. The van der Waals surface area contributed by atoms with Crippen LogP contribution in [-0.4, -0.2) is 23.9 Å². The fourth-order valence-electron chi connectivity index (χ4n) is 2.27. The highest BCUT2D eigenvalue weighted by atomic mass is 35.5. The van der Waals surface area contributed by atoms with Gasteiger partial charge in [-0.3, -0.25) is 4.90 Å². The van der Waals surface area contributed by atoms with Gasteiger partial charge in [0.15, 0.2) is 0 Å². The highest BCUT2D eigenvalue weighted by Gasteiger charge is 2.18. The predicted molar refractivity (Wildman–Crippen MR) is 65.1 cm³/mol. The maximum atomic E-state index is 12.8. The molecule has 0 bridgehead atoms. The van der Waals surface area contributed by atoms with Gasteiger partial charge in [-0.2, -0.15) is 0 Å². The molecule has 1 aliphatic rings.